The van der Waals surface area contributed by atoms with Crippen LogP contribution in [-0.2, 0) is 9.59 Å². The molecule has 2 N–H and O–H groups in total. The van der Waals surface area contributed by atoms with Crippen LogP contribution >= 0.6 is 0 Å². The van der Waals surface area contributed by atoms with Crippen LogP contribution in [0.5, 0.6) is 0 Å². The van der Waals surface area contributed by atoms with E-state index in [4.69, 9.17) is 10.2 Å². The Balaban J connectivity index is 0. The third kappa shape index (κ3) is 13.9. The van der Waals surface area contributed by atoms with Gasteiger partial charge in [-0.2, -0.15) is 0 Å². The van der Waals surface area contributed by atoms with Gasteiger partial charge in [-0.3, -0.25) is 9.59 Å². The van der Waals surface area contributed by atoms with Gasteiger partial charge in [0.2, 0.25) is 0 Å². The van der Waals surface area contributed by atoms with E-state index >= 15 is 0 Å². The molecule has 0 spiro atoms. The first-order valence-corrected chi connectivity index (χ1v) is 4.40. The lowest BCUT2D eigenvalue weighted by atomic mass is 10.1. The molecule has 0 saturated heterocycles. The molecule has 0 aromatic heterocycles. The second kappa shape index (κ2) is 9.03. The van der Waals surface area contributed by atoms with Crippen molar-refractivity contribution in [2.75, 3.05) is 0 Å². The molecule has 0 aliphatic rings. The number of hydrogen-bond donors (Lipinski definition) is 2. The van der Waals surface area contributed by atoms with Crippen molar-refractivity contribution in [3.63, 3.8) is 0 Å². The summed E-state index contributed by atoms with van der Waals surface area (Å²) in [5.41, 5.74) is 0. The zero-order valence-corrected chi connectivity index (χ0v) is 8.41. The molecule has 0 rings (SSSR count). The Kier molecular flexibility index (Phi) is 10.0. The molecule has 78 valence electrons. The molecule has 0 fully saturated rings. The van der Waals surface area contributed by atoms with Gasteiger partial charge in [0, 0.05) is 0 Å². The van der Waals surface area contributed by atoms with Crippen LogP contribution in [0, 0.1) is 5.92 Å². The normalized spacial score (nSPS) is 11.0. The third-order valence-corrected chi connectivity index (χ3v) is 1.40. The number of carbonyl (C=O) groups is 2. The summed E-state index contributed by atoms with van der Waals surface area (Å²) in [6.45, 7) is 5.72. The quantitative estimate of drug-likeness (QED) is 0.710. The van der Waals surface area contributed by atoms with Crippen LogP contribution in [0.25, 0.3) is 0 Å². The van der Waals surface area contributed by atoms with Gasteiger partial charge >= 0.3 is 11.9 Å². The summed E-state index contributed by atoms with van der Waals surface area (Å²) in [7, 11) is 0. The predicted molar refractivity (Wildman–Crippen MR) is 49.6 cm³/mol. The Hall–Kier alpha value is -1.06. The maximum absolute atomic E-state index is 9.97. The molecular formula is C9H18O4. The maximum Gasteiger partial charge on any atom is 0.306 e. The van der Waals surface area contributed by atoms with Crippen LogP contribution in [0.4, 0.5) is 0 Å². The smallest absolute Gasteiger partial charge is 0.306 e. The highest BCUT2D eigenvalue weighted by molar-refractivity contribution is 5.77. The van der Waals surface area contributed by atoms with Gasteiger partial charge in [0.1, 0.15) is 0 Å². The van der Waals surface area contributed by atoms with Crippen LogP contribution in [0.15, 0.2) is 0 Å². The highest BCUT2D eigenvalue weighted by atomic mass is 16.4. The van der Waals surface area contributed by atoms with Gasteiger partial charge in [-0.1, -0.05) is 33.6 Å². The molecule has 0 aromatic rings. The lowest BCUT2D eigenvalue weighted by Crippen LogP contribution is -2.13. The second-order valence-corrected chi connectivity index (χ2v) is 2.84. The van der Waals surface area contributed by atoms with Gasteiger partial charge in [0.25, 0.3) is 0 Å². The molecule has 13 heavy (non-hydrogen) atoms. The summed E-state index contributed by atoms with van der Waals surface area (Å²) in [5.74, 6) is -2.94. The van der Waals surface area contributed by atoms with Gasteiger partial charge < -0.3 is 10.2 Å². The van der Waals surface area contributed by atoms with E-state index in [9.17, 15) is 9.59 Å². The van der Waals surface area contributed by atoms with E-state index in [-0.39, 0.29) is 6.42 Å². The summed E-state index contributed by atoms with van der Waals surface area (Å²) < 4.78 is 0. The van der Waals surface area contributed by atoms with Crippen LogP contribution in [0.1, 0.15) is 40.0 Å². The Bertz CT molecular complexity index is 152. The molecule has 0 aliphatic carbocycles. The number of hydrogen-bond acceptors (Lipinski definition) is 2. The molecule has 4 heteroatoms. The molecular weight excluding hydrogens is 172 g/mol. The predicted octanol–water partition coefficient (Wildman–Crippen LogP) is 1.99. The van der Waals surface area contributed by atoms with Crippen molar-refractivity contribution in [1.29, 1.82) is 0 Å². The number of aliphatic carboxylic acids is 2. The van der Waals surface area contributed by atoms with E-state index in [1.165, 1.54) is 19.8 Å². The molecule has 0 aromatic carbocycles. The molecule has 0 heterocycles. The van der Waals surface area contributed by atoms with Crippen LogP contribution < -0.4 is 0 Å². The molecule has 0 saturated carbocycles. The van der Waals surface area contributed by atoms with Crippen LogP contribution in [0.3, 0.4) is 0 Å². The fraction of sp³-hybridized carbons (Fsp3) is 0.778. The highest BCUT2D eigenvalue weighted by Gasteiger charge is 2.13. The first-order valence-electron chi connectivity index (χ1n) is 4.40. The highest BCUT2D eigenvalue weighted by Crippen LogP contribution is 1.99. The van der Waals surface area contributed by atoms with E-state index in [1.54, 1.807) is 0 Å². The van der Waals surface area contributed by atoms with Gasteiger partial charge in [0.05, 0.1) is 12.3 Å². The molecule has 1 unspecified atom stereocenters. The minimum absolute atomic E-state index is 0.310. The van der Waals surface area contributed by atoms with Crippen molar-refractivity contribution < 1.29 is 19.8 Å². The fourth-order valence-corrected chi connectivity index (χ4v) is 0.349. The van der Waals surface area contributed by atoms with Crippen molar-refractivity contribution in [2.24, 2.45) is 5.92 Å². The third-order valence-electron chi connectivity index (χ3n) is 1.40. The van der Waals surface area contributed by atoms with Crippen molar-refractivity contribution in [3.05, 3.63) is 0 Å². The number of carboxylic acid groups (broad SMARTS) is 2. The molecule has 0 bridgehead atoms. The average Bonchev–Trinajstić information content (AvgIpc) is 2.03. The van der Waals surface area contributed by atoms with E-state index < -0.39 is 17.9 Å². The van der Waals surface area contributed by atoms with E-state index in [2.05, 4.69) is 13.8 Å². The lowest BCUT2D eigenvalue weighted by molar-refractivity contribution is -0.147. The van der Waals surface area contributed by atoms with Gasteiger partial charge in [-0.25, -0.2) is 0 Å². The Morgan fingerprint density at radius 3 is 1.62 bits per heavy atom. The SMILES string of the molecule is CC(CC(=O)O)C(=O)O.CCCC. The largest absolute Gasteiger partial charge is 0.481 e. The van der Waals surface area contributed by atoms with Crippen molar-refractivity contribution in [1.82, 2.24) is 0 Å². The Labute approximate surface area is 78.6 Å². The number of carboxylic acids is 2. The Morgan fingerprint density at radius 1 is 1.15 bits per heavy atom. The van der Waals surface area contributed by atoms with E-state index in [0.717, 1.165) is 0 Å². The number of rotatable bonds is 4. The summed E-state index contributed by atoms with van der Waals surface area (Å²) in [4.78, 5) is 19.8. The second-order valence-electron chi connectivity index (χ2n) is 2.84. The van der Waals surface area contributed by atoms with Gasteiger partial charge in [-0.15, -0.1) is 0 Å². The molecule has 0 radical (unpaired) electrons. The molecule has 4 nitrogen and oxygen atoms in total. The maximum atomic E-state index is 9.97. The first kappa shape index (κ1) is 14.5. The first-order chi connectivity index (χ1) is 5.95. The van der Waals surface area contributed by atoms with Crippen molar-refractivity contribution in [3.8, 4) is 0 Å². The standard InChI is InChI=1S/C5H8O4.C4H10/c1-3(5(8)9)2-4(6)7;1-3-4-2/h3H,2H2,1H3,(H,6,7)(H,8,9);3-4H2,1-2H3. The van der Waals surface area contributed by atoms with Crippen molar-refractivity contribution >= 4 is 11.9 Å². The minimum Gasteiger partial charge on any atom is -0.481 e. The van der Waals surface area contributed by atoms with Crippen LogP contribution in [-0.4, -0.2) is 22.2 Å². The monoisotopic (exact) mass is 190 g/mol. The zero-order chi connectivity index (χ0) is 10.9. The van der Waals surface area contributed by atoms with Crippen LogP contribution in [0.2, 0.25) is 0 Å². The van der Waals surface area contributed by atoms with Gasteiger partial charge in [0.15, 0.2) is 0 Å². The van der Waals surface area contributed by atoms with Gasteiger partial charge in [-0.05, 0) is 0 Å². The number of unbranched alkanes of at least 4 members (excludes halogenated alkanes) is 1. The summed E-state index contributed by atoms with van der Waals surface area (Å²) in [6, 6.07) is 0. The zero-order valence-electron chi connectivity index (χ0n) is 8.41. The molecule has 0 aliphatic heterocycles. The van der Waals surface area contributed by atoms with E-state index in [0.29, 0.717) is 0 Å². The molecule has 1 atom stereocenters. The average molecular weight is 190 g/mol. The Morgan fingerprint density at radius 2 is 1.54 bits per heavy atom. The minimum atomic E-state index is -1.08. The lowest BCUT2D eigenvalue weighted by Gasteiger charge is -1.98. The summed E-state index contributed by atoms with van der Waals surface area (Å²) in [6.07, 6.45) is 2.33. The topological polar surface area (TPSA) is 74.6 Å². The molecule has 0 amide bonds. The van der Waals surface area contributed by atoms with E-state index in [1.807, 2.05) is 0 Å². The summed E-state index contributed by atoms with van der Waals surface area (Å²) in [5, 5.41) is 16.2. The summed E-state index contributed by atoms with van der Waals surface area (Å²) >= 11 is 0. The fourth-order valence-electron chi connectivity index (χ4n) is 0.349. The van der Waals surface area contributed by atoms with Crippen molar-refractivity contribution in [2.45, 2.75) is 40.0 Å².